The molecule has 0 amide bonds. The molecule has 0 fully saturated rings. The third-order valence-corrected chi connectivity index (χ3v) is 2.12. The molecule has 2 rings (SSSR count). The van der Waals surface area contributed by atoms with Crippen molar-refractivity contribution >= 4 is 17.9 Å². The largest absolute Gasteiger partial charge is 0.298 e. The van der Waals surface area contributed by atoms with Gasteiger partial charge in [0.1, 0.15) is 6.33 Å². The lowest BCUT2D eigenvalue weighted by Crippen LogP contribution is -2.02. The van der Waals surface area contributed by atoms with Crippen molar-refractivity contribution < 1.29 is 9.18 Å². The van der Waals surface area contributed by atoms with Crippen LogP contribution in [0.5, 0.6) is 0 Å². The Bertz CT molecular complexity index is 500. The summed E-state index contributed by atoms with van der Waals surface area (Å²) >= 11 is 5.53. The molecule has 76 valence electrons. The van der Waals surface area contributed by atoms with Gasteiger partial charge in [-0.05, 0) is 22.6 Å². The lowest BCUT2D eigenvalue weighted by molar-refractivity contribution is 0.111. The predicted molar refractivity (Wildman–Crippen MR) is 49.5 cm³/mol. The fraction of sp³-hybridized carbons (Fsp3) is 0. The fourth-order valence-corrected chi connectivity index (χ4v) is 1.30. The monoisotopic (exact) mass is 226 g/mol. The first-order chi connectivity index (χ1) is 7.24. The van der Waals surface area contributed by atoms with Crippen molar-refractivity contribution in [1.29, 1.82) is 0 Å². The van der Waals surface area contributed by atoms with Gasteiger partial charge in [0.15, 0.2) is 12.1 Å². The molecule has 0 aliphatic rings. The number of tetrazole rings is 1. The van der Waals surface area contributed by atoms with Crippen LogP contribution < -0.4 is 0 Å². The molecular formula is C8H4ClFN4O. The number of nitrogens with zero attached hydrogens (tertiary/aromatic N) is 4. The average Bonchev–Trinajstić information content (AvgIpc) is 2.75. The third kappa shape index (κ3) is 1.59. The molecule has 1 aromatic carbocycles. The minimum absolute atomic E-state index is 0.117. The normalized spacial score (nSPS) is 10.3. The van der Waals surface area contributed by atoms with Gasteiger partial charge in [-0.15, -0.1) is 5.10 Å². The van der Waals surface area contributed by atoms with Crippen LogP contribution in [0.15, 0.2) is 18.5 Å². The van der Waals surface area contributed by atoms with E-state index in [0.717, 1.165) is 0 Å². The van der Waals surface area contributed by atoms with Crippen molar-refractivity contribution in [3.63, 3.8) is 0 Å². The van der Waals surface area contributed by atoms with Crippen molar-refractivity contribution in [2.75, 3.05) is 0 Å². The van der Waals surface area contributed by atoms with Crippen LogP contribution in [0.1, 0.15) is 10.4 Å². The molecule has 7 heteroatoms. The third-order valence-electron chi connectivity index (χ3n) is 1.82. The zero-order valence-electron chi connectivity index (χ0n) is 7.26. The van der Waals surface area contributed by atoms with Crippen LogP contribution in [0.4, 0.5) is 4.39 Å². The van der Waals surface area contributed by atoms with Crippen LogP contribution in [0.3, 0.4) is 0 Å². The van der Waals surface area contributed by atoms with Gasteiger partial charge >= 0.3 is 0 Å². The molecular weight excluding hydrogens is 223 g/mol. The number of hydrogen-bond acceptors (Lipinski definition) is 4. The molecule has 0 radical (unpaired) electrons. The SMILES string of the molecule is O=Cc1c(-n2cnnn2)ccc(Cl)c1F. The summed E-state index contributed by atoms with van der Waals surface area (Å²) in [4.78, 5) is 10.7. The molecule has 0 N–H and O–H groups in total. The zero-order chi connectivity index (χ0) is 10.8. The molecule has 0 saturated heterocycles. The summed E-state index contributed by atoms with van der Waals surface area (Å²) in [5.41, 5.74) is 0.0756. The molecule has 0 atom stereocenters. The van der Waals surface area contributed by atoms with Crippen molar-refractivity contribution in [1.82, 2.24) is 20.2 Å². The van der Waals surface area contributed by atoms with Gasteiger partial charge in [-0.25, -0.2) is 4.39 Å². The average molecular weight is 227 g/mol. The Morgan fingerprint density at radius 2 is 2.27 bits per heavy atom. The van der Waals surface area contributed by atoms with Crippen molar-refractivity contribution in [3.05, 3.63) is 34.9 Å². The van der Waals surface area contributed by atoms with Crippen LogP contribution >= 0.6 is 11.6 Å². The summed E-state index contributed by atoms with van der Waals surface area (Å²) in [5, 5.41) is 10.2. The highest BCUT2D eigenvalue weighted by Crippen LogP contribution is 2.22. The van der Waals surface area contributed by atoms with Gasteiger partial charge < -0.3 is 0 Å². The number of carbonyl (C=O) groups excluding carboxylic acids is 1. The minimum atomic E-state index is -0.778. The number of rotatable bonds is 2. The maximum absolute atomic E-state index is 13.4. The van der Waals surface area contributed by atoms with E-state index < -0.39 is 5.82 Å². The quantitative estimate of drug-likeness (QED) is 0.724. The lowest BCUT2D eigenvalue weighted by atomic mass is 10.2. The molecule has 2 aromatic rings. The summed E-state index contributed by atoms with van der Waals surface area (Å²) in [6.07, 6.45) is 1.63. The van der Waals surface area contributed by atoms with Crippen molar-refractivity contribution in [3.8, 4) is 5.69 Å². The van der Waals surface area contributed by atoms with Crippen LogP contribution in [-0.4, -0.2) is 26.5 Å². The first-order valence-electron chi connectivity index (χ1n) is 3.90. The second-order valence-corrected chi connectivity index (χ2v) is 3.07. The van der Waals surface area contributed by atoms with Gasteiger partial charge in [-0.2, -0.15) is 4.68 Å². The summed E-state index contributed by atoms with van der Waals surface area (Å²) in [6, 6.07) is 2.80. The number of aldehydes is 1. The van der Waals surface area contributed by atoms with Gasteiger partial charge in [0.05, 0.1) is 16.3 Å². The summed E-state index contributed by atoms with van der Waals surface area (Å²) in [7, 11) is 0. The van der Waals surface area contributed by atoms with Gasteiger partial charge in [0, 0.05) is 0 Å². The Balaban J connectivity index is 2.68. The summed E-state index contributed by atoms with van der Waals surface area (Å²) < 4.78 is 14.6. The molecule has 0 bridgehead atoms. The maximum Gasteiger partial charge on any atom is 0.155 e. The number of carbonyl (C=O) groups is 1. The van der Waals surface area contributed by atoms with E-state index in [1.54, 1.807) is 0 Å². The fourth-order valence-electron chi connectivity index (χ4n) is 1.14. The number of aromatic nitrogens is 4. The summed E-state index contributed by atoms with van der Waals surface area (Å²) in [6.45, 7) is 0. The van der Waals surface area contributed by atoms with Gasteiger partial charge in [0.2, 0.25) is 0 Å². The molecule has 0 aliphatic carbocycles. The summed E-state index contributed by atoms with van der Waals surface area (Å²) in [5.74, 6) is -0.778. The van der Waals surface area contributed by atoms with Crippen LogP contribution in [0.2, 0.25) is 5.02 Å². The number of halogens is 2. The van der Waals surface area contributed by atoms with Gasteiger partial charge in [-0.1, -0.05) is 11.6 Å². The standard InChI is InChI=1S/C8H4ClFN4O/c9-6-1-2-7(5(3-15)8(6)10)14-4-11-12-13-14/h1-4H. The second-order valence-electron chi connectivity index (χ2n) is 2.67. The van der Waals surface area contributed by atoms with Crippen LogP contribution in [0.25, 0.3) is 5.69 Å². The Morgan fingerprint density at radius 1 is 1.47 bits per heavy atom. The molecule has 0 aliphatic heterocycles. The van der Waals surface area contributed by atoms with Crippen molar-refractivity contribution in [2.45, 2.75) is 0 Å². The van der Waals surface area contributed by atoms with E-state index in [1.807, 2.05) is 0 Å². The Hall–Kier alpha value is -1.82. The molecule has 1 aromatic heterocycles. The van der Waals surface area contributed by atoms with Crippen LogP contribution in [-0.2, 0) is 0 Å². The smallest absolute Gasteiger partial charge is 0.155 e. The number of hydrogen-bond donors (Lipinski definition) is 0. The van der Waals surface area contributed by atoms with E-state index in [-0.39, 0.29) is 16.3 Å². The predicted octanol–water partition coefficient (Wildman–Crippen LogP) is 1.27. The molecule has 0 unspecified atom stereocenters. The molecule has 15 heavy (non-hydrogen) atoms. The van der Waals surface area contributed by atoms with E-state index >= 15 is 0 Å². The van der Waals surface area contributed by atoms with E-state index in [2.05, 4.69) is 15.5 Å². The second kappa shape index (κ2) is 3.74. The highest BCUT2D eigenvalue weighted by atomic mass is 35.5. The molecule has 1 heterocycles. The Labute approximate surface area is 88.5 Å². The van der Waals surface area contributed by atoms with Gasteiger partial charge in [0.25, 0.3) is 0 Å². The molecule has 0 spiro atoms. The number of benzene rings is 1. The Morgan fingerprint density at radius 3 is 2.87 bits per heavy atom. The highest BCUT2D eigenvalue weighted by Gasteiger charge is 2.13. The van der Waals surface area contributed by atoms with Crippen molar-refractivity contribution in [2.24, 2.45) is 0 Å². The zero-order valence-corrected chi connectivity index (χ0v) is 8.02. The minimum Gasteiger partial charge on any atom is -0.298 e. The van der Waals surface area contributed by atoms with Gasteiger partial charge in [-0.3, -0.25) is 4.79 Å². The maximum atomic E-state index is 13.4. The first-order valence-corrected chi connectivity index (χ1v) is 4.28. The highest BCUT2D eigenvalue weighted by molar-refractivity contribution is 6.31. The van der Waals surface area contributed by atoms with E-state index in [1.165, 1.54) is 23.1 Å². The molecule has 0 saturated carbocycles. The van der Waals surface area contributed by atoms with E-state index in [0.29, 0.717) is 6.29 Å². The van der Waals surface area contributed by atoms with E-state index in [4.69, 9.17) is 11.6 Å². The lowest BCUT2D eigenvalue weighted by Gasteiger charge is -2.04. The topological polar surface area (TPSA) is 60.7 Å². The van der Waals surface area contributed by atoms with Crippen LogP contribution in [0, 0.1) is 5.82 Å². The molecule has 5 nitrogen and oxygen atoms in total. The van der Waals surface area contributed by atoms with E-state index in [9.17, 15) is 9.18 Å². The Kier molecular flexibility index (Phi) is 2.42. The first kappa shape index (κ1) is 9.72.